The van der Waals surface area contributed by atoms with Crippen molar-refractivity contribution in [1.82, 2.24) is 19.7 Å². The predicted octanol–water partition coefficient (Wildman–Crippen LogP) is 5.92. The first-order chi connectivity index (χ1) is 17.3. The summed E-state index contributed by atoms with van der Waals surface area (Å²) in [5.74, 6) is 0.251. The number of amides is 1. The molecule has 7 nitrogen and oxygen atoms in total. The van der Waals surface area contributed by atoms with E-state index in [0.717, 1.165) is 23.4 Å². The van der Waals surface area contributed by atoms with E-state index in [4.69, 9.17) is 4.74 Å². The molecule has 1 amide bonds. The fourth-order valence-electron chi connectivity index (χ4n) is 3.11. The second kappa shape index (κ2) is 11.4. The van der Waals surface area contributed by atoms with Gasteiger partial charge in [-0.05, 0) is 18.2 Å². The molecule has 0 aliphatic carbocycles. The Balaban J connectivity index is 1.36. The molecule has 36 heavy (non-hydrogen) atoms. The van der Waals surface area contributed by atoms with E-state index in [0.29, 0.717) is 22.7 Å². The molecule has 0 saturated heterocycles. The fraction of sp³-hybridized carbons (Fsp3) is 0.167. The molecular formula is C24H20F3N5O2S2. The molecule has 0 aliphatic rings. The maximum Gasteiger partial charge on any atom is 0.416 e. The Labute approximate surface area is 213 Å². The van der Waals surface area contributed by atoms with E-state index in [1.807, 2.05) is 35.7 Å². The molecule has 0 radical (unpaired) electrons. The molecule has 4 rings (SSSR count). The molecule has 4 aromatic rings. The summed E-state index contributed by atoms with van der Waals surface area (Å²) in [5, 5.41) is 13.8. The summed E-state index contributed by atoms with van der Waals surface area (Å²) in [5.41, 5.74) is 0.937. The van der Waals surface area contributed by atoms with Gasteiger partial charge in [-0.15, -0.1) is 28.1 Å². The summed E-state index contributed by atoms with van der Waals surface area (Å²) in [6.45, 7) is 3.95. The van der Waals surface area contributed by atoms with Crippen molar-refractivity contribution in [1.29, 1.82) is 0 Å². The van der Waals surface area contributed by atoms with Gasteiger partial charge in [0.15, 0.2) is 16.1 Å². The van der Waals surface area contributed by atoms with Crippen molar-refractivity contribution < 1.29 is 22.7 Å². The summed E-state index contributed by atoms with van der Waals surface area (Å²) < 4.78 is 46.0. The number of rotatable bonds is 10. The number of benzene rings is 2. The lowest BCUT2D eigenvalue weighted by molar-refractivity contribution is -0.137. The van der Waals surface area contributed by atoms with Crippen LogP contribution in [-0.4, -0.2) is 31.4 Å². The first-order valence-electron chi connectivity index (χ1n) is 10.6. The van der Waals surface area contributed by atoms with Crippen LogP contribution in [0.15, 0.2) is 77.8 Å². The van der Waals surface area contributed by atoms with Crippen molar-refractivity contribution in [3.8, 4) is 17.0 Å². The van der Waals surface area contributed by atoms with Gasteiger partial charge in [0, 0.05) is 17.5 Å². The number of alkyl halides is 3. The number of halogens is 3. The van der Waals surface area contributed by atoms with Crippen LogP contribution in [0.4, 0.5) is 18.3 Å². The zero-order valence-electron chi connectivity index (χ0n) is 18.7. The van der Waals surface area contributed by atoms with E-state index < -0.39 is 11.7 Å². The van der Waals surface area contributed by atoms with Crippen LogP contribution in [0.5, 0.6) is 5.75 Å². The molecular weight excluding hydrogens is 511 g/mol. The quantitative estimate of drug-likeness (QED) is 0.202. The average molecular weight is 532 g/mol. The molecule has 1 N–H and O–H groups in total. The summed E-state index contributed by atoms with van der Waals surface area (Å²) >= 11 is 2.50. The van der Waals surface area contributed by atoms with Crippen LogP contribution in [0.1, 0.15) is 11.4 Å². The first-order valence-corrected chi connectivity index (χ1v) is 12.5. The Bertz CT molecular complexity index is 1340. The number of nitrogens with one attached hydrogen (secondary N) is 1. The number of anilines is 1. The number of thioether (sulfide) groups is 1. The lowest BCUT2D eigenvalue weighted by Crippen LogP contribution is -2.15. The van der Waals surface area contributed by atoms with Crippen LogP contribution in [0, 0.1) is 0 Å². The minimum atomic E-state index is -4.46. The van der Waals surface area contributed by atoms with Gasteiger partial charge in [-0.25, -0.2) is 4.98 Å². The number of hydrogen-bond donors (Lipinski definition) is 1. The molecule has 0 unspecified atom stereocenters. The van der Waals surface area contributed by atoms with E-state index in [2.05, 4.69) is 27.1 Å². The topological polar surface area (TPSA) is 81.9 Å². The molecule has 2 heterocycles. The number of thiazole rings is 1. The number of aromatic nitrogens is 4. The van der Waals surface area contributed by atoms with Crippen molar-refractivity contribution in [3.63, 3.8) is 0 Å². The molecule has 0 atom stereocenters. The Kier molecular flexibility index (Phi) is 8.06. The third kappa shape index (κ3) is 6.52. The smallest absolute Gasteiger partial charge is 0.416 e. The SMILES string of the molecule is C=CCn1c(COc2cccc(C(F)(F)F)c2)nnc1SCC(=O)Nc1nc(-c2ccccc2)cs1. The Hall–Kier alpha value is -3.64. The van der Waals surface area contributed by atoms with Gasteiger partial charge in [-0.2, -0.15) is 13.2 Å². The summed E-state index contributed by atoms with van der Waals surface area (Å²) in [6.07, 6.45) is -2.84. The Morgan fingerprint density at radius 2 is 1.97 bits per heavy atom. The molecule has 0 saturated carbocycles. The van der Waals surface area contributed by atoms with Gasteiger partial charge in [0.2, 0.25) is 5.91 Å². The first kappa shape index (κ1) is 25.5. The minimum absolute atomic E-state index is 0.0595. The highest BCUT2D eigenvalue weighted by Crippen LogP contribution is 2.31. The monoisotopic (exact) mass is 531 g/mol. The molecule has 0 fully saturated rings. The number of hydrogen-bond acceptors (Lipinski definition) is 7. The summed E-state index contributed by atoms with van der Waals surface area (Å²) in [7, 11) is 0. The van der Waals surface area contributed by atoms with Gasteiger partial charge in [0.25, 0.3) is 0 Å². The van der Waals surface area contributed by atoms with Gasteiger partial charge in [-0.1, -0.05) is 54.2 Å². The highest BCUT2D eigenvalue weighted by Gasteiger charge is 2.30. The summed E-state index contributed by atoms with van der Waals surface area (Å²) in [4.78, 5) is 16.9. The van der Waals surface area contributed by atoms with Gasteiger partial charge < -0.3 is 10.1 Å². The van der Waals surface area contributed by atoms with E-state index in [1.165, 1.54) is 35.2 Å². The largest absolute Gasteiger partial charge is 0.486 e. The van der Waals surface area contributed by atoms with Gasteiger partial charge in [0.1, 0.15) is 12.4 Å². The molecule has 12 heteroatoms. The zero-order chi connectivity index (χ0) is 25.5. The maximum atomic E-state index is 12.9. The number of carbonyl (C=O) groups is 1. The lowest BCUT2D eigenvalue weighted by atomic mass is 10.2. The number of nitrogens with zero attached hydrogens (tertiary/aromatic N) is 4. The number of allylic oxidation sites excluding steroid dienone is 1. The fourth-order valence-corrected chi connectivity index (χ4v) is 4.62. The average Bonchev–Trinajstić information content (AvgIpc) is 3.49. The van der Waals surface area contributed by atoms with Crippen molar-refractivity contribution in [3.05, 3.63) is 84.0 Å². The van der Waals surface area contributed by atoms with Crippen LogP contribution >= 0.6 is 23.1 Å². The van der Waals surface area contributed by atoms with Crippen molar-refractivity contribution >= 4 is 34.1 Å². The van der Waals surface area contributed by atoms with E-state index in [1.54, 1.807) is 10.6 Å². The van der Waals surface area contributed by atoms with Crippen LogP contribution in [0.3, 0.4) is 0 Å². The second-order valence-electron chi connectivity index (χ2n) is 7.35. The molecule has 2 aromatic carbocycles. The van der Waals surface area contributed by atoms with Gasteiger partial charge >= 0.3 is 6.18 Å². The van der Waals surface area contributed by atoms with Crippen LogP contribution < -0.4 is 10.1 Å². The Morgan fingerprint density at radius 1 is 1.17 bits per heavy atom. The highest BCUT2D eigenvalue weighted by atomic mass is 32.2. The number of ether oxygens (including phenoxy) is 1. The van der Waals surface area contributed by atoms with E-state index in [-0.39, 0.29) is 24.0 Å². The normalized spacial score (nSPS) is 11.3. The van der Waals surface area contributed by atoms with E-state index in [9.17, 15) is 18.0 Å². The van der Waals surface area contributed by atoms with Crippen LogP contribution in [0.25, 0.3) is 11.3 Å². The third-order valence-electron chi connectivity index (χ3n) is 4.79. The number of carbonyl (C=O) groups excluding carboxylic acids is 1. The lowest BCUT2D eigenvalue weighted by Gasteiger charge is -2.11. The van der Waals surface area contributed by atoms with Gasteiger partial charge in [0.05, 0.1) is 17.0 Å². The maximum absolute atomic E-state index is 12.9. The van der Waals surface area contributed by atoms with Crippen LogP contribution in [-0.2, 0) is 24.1 Å². The molecule has 186 valence electrons. The third-order valence-corrected chi connectivity index (χ3v) is 6.51. The van der Waals surface area contributed by atoms with Crippen molar-refractivity contribution in [2.45, 2.75) is 24.5 Å². The van der Waals surface area contributed by atoms with Crippen molar-refractivity contribution in [2.75, 3.05) is 11.1 Å². The van der Waals surface area contributed by atoms with E-state index >= 15 is 0 Å². The Morgan fingerprint density at radius 3 is 2.72 bits per heavy atom. The second-order valence-corrected chi connectivity index (χ2v) is 9.15. The zero-order valence-corrected chi connectivity index (χ0v) is 20.4. The molecule has 0 spiro atoms. The predicted molar refractivity (Wildman–Crippen MR) is 133 cm³/mol. The molecule has 0 aliphatic heterocycles. The van der Waals surface area contributed by atoms with Crippen LogP contribution in [0.2, 0.25) is 0 Å². The van der Waals surface area contributed by atoms with Crippen molar-refractivity contribution in [2.24, 2.45) is 0 Å². The summed E-state index contributed by atoms with van der Waals surface area (Å²) in [6, 6.07) is 14.3. The van der Waals surface area contributed by atoms with Gasteiger partial charge in [-0.3, -0.25) is 9.36 Å². The molecule has 0 bridgehead atoms. The minimum Gasteiger partial charge on any atom is -0.486 e. The highest BCUT2D eigenvalue weighted by molar-refractivity contribution is 7.99. The molecule has 2 aromatic heterocycles. The standard InChI is InChI=1S/C24H20F3N5O2S2/c1-2-11-32-20(13-34-18-10-6-9-17(12-18)24(25,26)27)30-31-23(32)36-15-21(33)29-22-28-19(14-35-22)16-7-4-3-5-8-16/h2-10,12,14H,1,11,13,15H2,(H,28,29,33).